The first-order valence-electron chi connectivity index (χ1n) is 7.37. The number of benzene rings is 2. The van der Waals surface area contributed by atoms with Crippen molar-refractivity contribution in [1.82, 2.24) is 9.97 Å². The number of aryl methyl sites for hydroxylation is 1. The fraction of sp³-hybridized carbons (Fsp3) is 0.0526. The summed E-state index contributed by atoms with van der Waals surface area (Å²) in [7, 11) is 0. The van der Waals surface area contributed by atoms with Gasteiger partial charge in [-0.05, 0) is 42.8 Å². The van der Waals surface area contributed by atoms with Crippen LogP contribution in [0.3, 0.4) is 0 Å². The second-order valence-electron chi connectivity index (χ2n) is 5.28. The SMILES string of the molecule is Cc1cccc(NC(=O)/C(C#N)=C/c2cnc3ccccc3n2)c1. The third kappa shape index (κ3) is 3.45. The second-order valence-corrected chi connectivity index (χ2v) is 5.28. The number of anilines is 1. The number of nitriles is 1. The van der Waals surface area contributed by atoms with E-state index in [1.807, 2.05) is 55.5 Å². The normalized spacial score (nSPS) is 11.1. The minimum atomic E-state index is -0.474. The van der Waals surface area contributed by atoms with Gasteiger partial charge in [-0.1, -0.05) is 24.3 Å². The summed E-state index contributed by atoms with van der Waals surface area (Å²) in [4.78, 5) is 20.9. The lowest BCUT2D eigenvalue weighted by atomic mass is 10.2. The van der Waals surface area contributed by atoms with Crippen molar-refractivity contribution >= 4 is 28.7 Å². The average Bonchev–Trinajstić information content (AvgIpc) is 2.59. The van der Waals surface area contributed by atoms with Crippen LogP contribution in [0.5, 0.6) is 0 Å². The van der Waals surface area contributed by atoms with Crippen LogP contribution in [0, 0.1) is 18.3 Å². The van der Waals surface area contributed by atoms with Crippen molar-refractivity contribution < 1.29 is 4.79 Å². The van der Waals surface area contributed by atoms with Crippen LogP contribution < -0.4 is 5.32 Å². The Balaban J connectivity index is 1.87. The zero-order valence-electron chi connectivity index (χ0n) is 13.0. The summed E-state index contributed by atoms with van der Waals surface area (Å²) in [6.07, 6.45) is 2.98. The molecular weight excluding hydrogens is 300 g/mol. The minimum Gasteiger partial charge on any atom is -0.321 e. The lowest BCUT2D eigenvalue weighted by Crippen LogP contribution is -2.13. The van der Waals surface area contributed by atoms with Crippen molar-refractivity contribution in [3.63, 3.8) is 0 Å². The molecule has 0 saturated carbocycles. The van der Waals surface area contributed by atoms with Crippen molar-refractivity contribution in [2.45, 2.75) is 6.92 Å². The lowest BCUT2D eigenvalue weighted by Gasteiger charge is -2.05. The van der Waals surface area contributed by atoms with Crippen LogP contribution in [0.2, 0.25) is 0 Å². The maximum absolute atomic E-state index is 12.3. The van der Waals surface area contributed by atoms with E-state index in [2.05, 4.69) is 15.3 Å². The van der Waals surface area contributed by atoms with E-state index in [9.17, 15) is 10.1 Å². The standard InChI is InChI=1S/C19H14N4O/c1-13-5-4-6-15(9-13)23-19(24)14(11-20)10-16-12-21-17-7-2-3-8-18(17)22-16/h2-10,12H,1H3,(H,23,24)/b14-10+. The van der Waals surface area contributed by atoms with E-state index in [-0.39, 0.29) is 5.57 Å². The predicted octanol–water partition coefficient (Wildman–Crippen LogP) is 3.48. The van der Waals surface area contributed by atoms with Gasteiger partial charge in [0.15, 0.2) is 0 Å². The predicted molar refractivity (Wildman–Crippen MR) is 92.9 cm³/mol. The molecule has 3 aromatic rings. The van der Waals surface area contributed by atoms with Crippen molar-refractivity contribution in [2.75, 3.05) is 5.32 Å². The molecule has 5 heteroatoms. The average molecular weight is 314 g/mol. The van der Waals surface area contributed by atoms with E-state index >= 15 is 0 Å². The molecule has 0 atom stereocenters. The van der Waals surface area contributed by atoms with E-state index in [0.29, 0.717) is 16.9 Å². The van der Waals surface area contributed by atoms with Crippen LogP contribution in [0.4, 0.5) is 5.69 Å². The third-order valence-electron chi connectivity index (χ3n) is 3.40. The molecule has 0 spiro atoms. The molecule has 0 aliphatic rings. The van der Waals surface area contributed by atoms with Crippen molar-refractivity contribution in [1.29, 1.82) is 5.26 Å². The van der Waals surface area contributed by atoms with E-state index in [1.54, 1.807) is 12.3 Å². The molecule has 5 nitrogen and oxygen atoms in total. The number of fused-ring (bicyclic) bond motifs is 1. The molecule has 0 aliphatic carbocycles. The summed E-state index contributed by atoms with van der Waals surface area (Å²) in [5.41, 5.74) is 3.58. The molecule has 0 fully saturated rings. The van der Waals surface area contributed by atoms with Crippen molar-refractivity contribution in [3.8, 4) is 6.07 Å². The highest BCUT2D eigenvalue weighted by molar-refractivity contribution is 6.09. The summed E-state index contributed by atoms with van der Waals surface area (Å²) < 4.78 is 0. The Labute approximate surface area is 139 Å². The fourth-order valence-electron chi connectivity index (χ4n) is 2.26. The summed E-state index contributed by atoms with van der Waals surface area (Å²) in [6.45, 7) is 1.93. The van der Waals surface area contributed by atoms with Gasteiger partial charge in [0.2, 0.25) is 0 Å². The summed E-state index contributed by atoms with van der Waals surface area (Å²) in [6, 6.07) is 16.7. The van der Waals surface area contributed by atoms with E-state index < -0.39 is 5.91 Å². The monoisotopic (exact) mass is 314 g/mol. The first-order valence-corrected chi connectivity index (χ1v) is 7.37. The Bertz CT molecular complexity index is 986. The lowest BCUT2D eigenvalue weighted by molar-refractivity contribution is -0.112. The van der Waals surface area contributed by atoms with Crippen LogP contribution in [0.25, 0.3) is 17.1 Å². The largest absolute Gasteiger partial charge is 0.321 e. The Hall–Kier alpha value is -3.52. The van der Waals surface area contributed by atoms with Crippen molar-refractivity contribution in [3.05, 3.63) is 71.6 Å². The molecule has 3 rings (SSSR count). The number of para-hydroxylation sites is 2. The topological polar surface area (TPSA) is 78.7 Å². The zero-order chi connectivity index (χ0) is 16.9. The molecule has 0 aliphatic heterocycles. The number of hydrogen-bond acceptors (Lipinski definition) is 4. The molecule has 0 radical (unpaired) electrons. The van der Waals surface area contributed by atoms with Crippen LogP contribution in [0.15, 0.2) is 60.3 Å². The molecule has 1 heterocycles. The molecule has 24 heavy (non-hydrogen) atoms. The smallest absolute Gasteiger partial charge is 0.266 e. The van der Waals surface area contributed by atoms with Gasteiger partial charge in [0, 0.05) is 5.69 Å². The zero-order valence-corrected chi connectivity index (χ0v) is 13.0. The van der Waals surface area contributed by atoms with Gasteiger partial charge in [-0.3, -0.25) is 9.78 Å². The Kier molecular flexibility index (Phi) is 4.30. The highest BCUT2D eigenvalue weighted by atomic mass is 16.1. The first-order chi connectivity index (χ1) is 11.7. The highest BCUT2D eigenvalue weighted by Crippen LogP contribution is 2.13. The maximum Gasteiger partial charge on any atom is 0.266 e. The number of carbonyl (C=O) groups is 1. The molecule has 1 N–H and O–H groups in total. The second kappa shape index (κ2) is 6.71. The number of carbonyl (C=O) groups excluding carboxylic acids is 1. The van der Waals surface area contributed by atoms with Crippen LogP contribution in [-0.4, -0.2) is 15.9 Å². The minimum absolute atomic E-state index is 0.0268. The van der Waals surface area contributed by atoms with Gasteiger partial charge < -0.3 is 5.32 Å². The first kappa shape index (κ1) is 15.4. The van der Waals surface area contributed by atoms with Crippen LogP contribution in [-0.2, 0) is 4.79 Å². The number of nitrogens with one attached hydrogen (secondary N) is 1. The van der Waals surface area contributed by atoms with Crippen LogP contribution in [0.1, 0.15) is 11.3 Å². The number of rotatable bonds is 3. The van der Waals surface area contributed by atoms with E-state index in [4.69, 9.17) is 0 Å². The third-order valence-corrected chi connectivity index (χ3v) is 3.40. The molecule has 0 bridgehead atoms. The quantitative estimate of drug-likeness (QED) is 0.593. The molecular formula is C19H14N4O. The number of aromatic nitrogens is 2. The van der Waals surface area contributed by atoms with Gasteiger partial charge in [0.1, 0.15) is 11.6 Å². The molecule has 2 aromatic carbocycles. The van der Waals surface area contributed by atoms with Gasteiger partial charge in [-0.25, -0.2) is 4.98 Å². The van der Waals surface area contributed by atoms with Crippen LogP contribution >= 0.6 is 0 Å². The number of amides is 1. The highest BCUT2D eigenvalue weighted by Gasteiger charge is 2.10. The molecule has 0 unspecified atom stereocenters. The fourth-order valence-corrected chi connectivity index (χ4v) is 2.26. The molecule has 1 aromatic heterocycles. The van der Waals surface area contributed by atoms with Gasteiger partial charge in [-0.2, -0.15) is 5.26 Å². The maximum atomic E-state index is 12.3. The number of nitrogens with zero attached hydrogens (tertiary/aromatic N) is 3. The van der Waals surface area contributed by atoms with E-state index in [1.165, 1.54) is 6.08 Å². The van der Waals surface area contributed by atoms with Crippen molar-refractivity contribution in [2.24, 2.45) is 0 Å². The van der Waals surface area contributed by atoms with E-state index in [0.717, 1.165) is 11.1 Å². The summed E-state index contributed by atoms with van der Waals surface area (Å²) in [5, 5.41) is 12.0. The molecule has 0 saturated heterocycles. The summed E-state index contributed by atoms with van der Waals surface area (Å²) >= 11 is 0. The Morgan fingerprint density at radius 1 is 1.17 bits per heavy atom. The summed E-state index contributed by atoms with van der Waals surface area (Å²) in [5.74, 6) is -0.474. The number of hydrogen-bond donors (Lipinski definition) is 1. The van der Waals surface area contributed by atoms with Gasteiger partial charge in [0.05, 0.1) is 22.9 Å². The van der Waals surface area contributed by atoms with Gasteiger partial charge >= 0.3 is 0 Å². The Morgan fingerprint density at radius 3 is 2.71 bits per heavy atom. The molecule has 1 amide bonds. The van der Waals surface area contributed by atoms with Gasteiger partial charge in [0.25, 0.3) is 5.91 Å². The Morgan fingerprint density at radius 2 is 1.96 bits per heavy atom. The van der Waals surface area contributed by atoms with Gasteiger partial charge in [-0.15, -0.1) is 0 Å². The molecule has 116 valence electrons.